The Bertz CT molecular complexity index is 572. The lowest BCUT2D eigenvalue weighted by Gasteiger charge is -2.22. The summed E-state index contributed by atoms with van der Waals surface area (Å²) in [5, 5.41) is 0. The molecule has 0 atom stereocenters. The summed E-state index contributed by atoms with van der Waals surface area (Å²) < 4.78 is 35.2. The molecule has 0 heterocycles. The van der Waals surface area contributed by atoms with Crippen LogP contribution in [-0.4, -0.2) is 13.0 Å². The molecule has 0 unspecified atom stereocenters. The normalized spacial score (nSPS) is 12.5. The van der Waals surface area contributed by atoms with Crippen LogP contribution in [-0.2, 0) is 10.1 Å². The van der Waals surface area contributed by atoms with Gasteiger partial charge in [-0.05, 0) is 90.7 Å². The highest BCUT2D eigenvalue weighted by atomic mass is 127. The average molecular weight is 620 g/mol. The molecule has 0 aromatic heterocycles. The standard InChI is InChI=1S/C12H15I3O3S/c1-5(2)7-9(13)8(6(3)4)11(15)12(10(7)14)19(16,17)18/h5-6H,1-4H3,(H,16,17,18). The second-order valence-corrected chi connectivity index (χ2v) is 9.48. The van der Waals surface area contributed by atoms with Crippen molar-refractivity contribution in [2.75, 3.05) is 0 Å². The van der Waals surface area contributed by atoms with Gasteiger partial charge in [0.1, 0.15) is 4.90 Å². The smallest absolute Gasteiger partial charge is 0.282 e. The Morgan fingerprint density at radius 1 is 0.842 bits per heavy atom. The Balaban J connectivity index is 3.97. The predicted octanol–water partition coefficient (Wildman–Crippen LogP) is 4.99. The zero-order valence-corrected chi connectivity index (χ0v) is 18.2. The van der Waals surface area contributed by atoms with E-state index < -0.39 is 10.1 Å². The minimum Gasteiger partial charge on any atom is -0.282 e. The Morgan fingerprint density at radius 3 is 1.37 bits per heavy atom. The van der Waals surface area contributed by atoms with Crippen molar-refractivity contribution in [3.05, 3.63) is 21.8 Å². The van der Waals surface area contributed by atoms with Crippen LogP contribution in [0, 0.1) is 10.7 Å². The van der Waals surface area contributed by atoms with E-state index in [0.29, 0.717) is 7.14 Å². The maximum absolute atomic E-state index is 11.7. The molecule has 0 radical (unpaired) electrons. The summed E-state index contributed by atoms with van der Waals surface area (Å²) in [5.41, 5.74) is 2.00. The van der Waals surface area contributed by atoms with Gasteiger partial charge in [0.25, 0.3) is 10.1 Å². The van der Waals surface area contributed by atoms with Gasteiger partial charge in [0.15, 0.2) is 0 Å². The number of rotatable bonds is 3. The molecular weight excluding hydrogens is 605 g/mol. The van der Waals surface area contributed by atoms with Gasteiger partial charge in [0.2, 0.25) is 0 Å². The topological polar surface area (TPSA) is 54.4 Å². The number of hydrogen-bond acceptors (Lipinski definition) is 2. The van der Waals surface area contributed by atoms with E-state index in [1.54, 1.807) is 0 Å². The monoisotopic (exact) mass is 620 g/mol. The molecule has 0 fully saturated rings. The summed E-state index contributed by atoms with van der Waals surface area (Å²) >= 11 is 6.33. The van der Waals surface area contributed by atoms with Crippen molar-refractivity contribution in [2.45, 2.75) is 44.4 Å². The van der Waals surface area contributed by atoms with E-state index in [2.05, 4.69) is 22.6 Å². The van der Waals surface area contributed by atoms with Crippen molar-refractivity contribution in [3.63, 3.8) is 0 Å². The second kappa shape index (κ2) is 6.61. The quantitative estimate of drug-likeness (QED) is 0.383. The van der Waals surface area contributed by atoms with E-state index in [4.69, 9.17) is 0 Å². The molecule has 7 heteroatoms. The molecule has 0 saturated heterocycles. The Kier molecular flexibility index (Phi) is 6.39. The highest BCUT2D eigenvalue weighted by Crippen LogP contribution is 2.40. The van der Waals surface area contributed by atoms with Gasteiger partial charge in [0.05, 0.1) is 0 Å². The largest absolute Gasteiger partial charge is 0.296 e. The molecule has 3 nitrogen and oxygen atoms in total. The zero-order valence-electron chi connectivity index (χ0n) is 11.0. The molecule has 0 spiro atoms. The van der Waals surface area contributed by atoms with Crippen LogP contribution in [0.5, 0.6) is 0 Å². The third-order valence-corrected chi connectivity index (χ3v) is 7.82. The predicted molar refractivity (Wildman–Crippen MR) is 103 cm³/mol. The summed E-state index contributed by atoms with van der Waals surface area (Å²) in [6.45, 7) is 8.13. The molecule has 108 valence electrons. The van der Waals surface area contributed by atoms with E-state index in [1.807, 2.05) is 72.9 Å². The first-order valence-electron chi connectivity index (χ1n) is 5.67. The van der Waals surface area contributed by atoms with E-state index in [-0.39, 0.29) is 16.7 Å². The lowest BCUT2D eigenvalue weighted by atomic mass is 9.96. The van der Waals surface area contributed by atoms with E-state index in [0.717, 1.165) is 14.7 Å². The van der Waals surface area contributed by atoms with Gasteiger partial charge in [-0.15, -0.1) is 0 Å². The molecule has 1 rings (SSSR count). The second-order valence-electron chi connectivity index (χ2n) is 4.88. The van der Waals surface area contributed by atoms with Crippen LogP contribution in [0.4, 0.5) is 0 Å². The molecular formula is C12H15I3O3S. The molecule has 0 bridgehead atoms. The highest BCUT2D eigenvalue weighted by Gasteiger charge is 2.28. The molecule has 0 aliphatic carbocycles. The lowest BCUT2D eigenvalue weighted by molar-refractivity contribution is 0.481. The zero-order chi connectivity index (χ0) is 15.1. The molecule has 0 aliphatic heterocycles. The molecule has 0 saturated carbocycles. The molecule has 19 heavy (non-hydrogen) atoms. The van der Waals surface area contributed by atoms with Crippen LogP contribution in [0.25, 0.3) is 0 Å². The maximum Gasteiger partial charge on any atom is 0.296 e. The van der Waals surface area contributed by atoms with Crippen molar-refractivity contribution in [3.8, 4) is 0 Å². The summed E-state index contributed by atoms with van der Waals surface area (Å²) in [6.07, 6.45) is 0. The van der Waals surface area contributed by atoms with Crippen molar-refractivity contribution in [1.29, 1.82) is 0 Å². The minimum absolute atomic E-state index is 0.0570. The Morgan fingerprint density at radius 2 is 1.16 bits per heavy atom. The van der Waals surface area contributed by atoms with Crippen LogP contribution in [0.3, 0.4) is 0 Å². The van der Waals surface area contributed by atoms with Crippen molar-refractivity contribution in [1.82, 2.24) is 0 Å². The summed E-state index contributed by atoms with van der Waals surface area (Å²) in [5.74, 6) is 0.405. The maximum atomic E-state index is 11.7. The van der Waals surface area contributed by atoms with Crippen LogP contribution < -0.4 is 0 Å². The van der Waals surface area contributed by atoms with Gasteiger partial charge in [-0.2, -0.15) is 8.42 Å². The van der Waals surface area contributed by atoms with Gasteiger partial charge in [0, 0.05) is 10.7 Å². The minimum atomic E-state index is -4.21. The molecule has 1 aromatic rings. The van der Waals surface area contributed by atoms with Gasteiger partial charge in [-0.25, -0.2) is 0 Å². The van der Waals surface area contributed by atoms with Gasteiger partial charge < -0.3 is 0 Å². The fourth-order valence-corrected chi connectivity index (χ4v) is 9.92. The number of halogens is 3. The highest BCUT2D eigenvalue weighted by molar-refractivity contribution is 14.1. The average Bonchev–Trinajstić information content (AvgIpc) is 2.12. The summed E-state index contributed by atoms with van der Waals surface area (Å²) in [7, 11) is -4.21. The van der Waals surface area contributed by atoms with Crippen LogP contribution in [0.15, 0.2) is 4.90 Å². The first-order chi connectivity index (χ1) is 8.50. The number of hydrogen-bond donors (Lipinski definition) is 1. The Labute approximate surface area is 155 Å². The van der Waals surface area contributed by atoms with Crippen molar-refractivity contribution < 1.29 is 13.0 Å². The first kappa shape index (κ1) is 18.4. The van der Waals surface area contributed by atoms with Crippen LogP contribution in [0.2, 0.25) is 0 Å². The van der Waals surface area contributed by atoms with Crippen molar-refractivity contribution in [2.24, 2.45) is 0 Å². The fraction of sp³-hybridized carbons (Fsp3) is 0.500. The first-order valence-corrected chi connectivity index (χ1v) is 10.4. The molecule has 0 aliphatic rings. The molecule has 1 N–H and O–H groups in total. The van der Waals surface area contributed by atoms with Crippen LogP contribution in [0.1, 0.15) is 50.7 Å². The van der Waals surface area contributed by atoms with E-state index in [9.17, 15) is 13.0 Å². The van der Waals surface area contributed by atoms with E-state index in [1.165, 1.54) is 0 Å². The number of benzene rings is 1. The lowest BCUT2D eigenvalue weighted by Crippen LogP contribution is -2.13. The molecule has 0 amide bonds. The SMILES string of the molecule is CC(C)c1c(I)c(C(C)C)c(I)c(S(=O)(=O)O)c1I. The third-order valence-electron chi connectivity index (χ3n) is 2.76. The van der Waals surface area contributed by atoms with Gasteiger partial charge >= 0.3 is 0 Å². The van der Waals surface area contributed by atoms with Gasteiger partial charge in [-0.1, -0.05) is 27.7 Å². The van der Waals surface area contributed by atoms with Crippen molar-refractivity contribution >= 4 is 77.9 Å². The van der Waals surface area contributed by atoms with Crippen LogP contribution >= 0.6 is 67.8 Å². The third kappa shape index (κ3) is 3.75. The summed E-state index contributed by atoms with van der Waals surface area (Å²) in [6, 6.07) is 0. The Hall–Kier alpha value is 1.32. The fourth-order valence-electron chi connectivity index (χ4n) is 1.92. The van der Waals surface area contributed by atoms with E-state index >= 15 is 0 Å². The summed E-state index contributed by atoms with van der Waals surface area (Å²) in [4.78, 5) is 0.0570. The van der Waals surface area contributed by atoms with Gasteiger partial charge in [-0.3, -0.25) is 4.55 Å². The molecule has 1 aromatic carbocycles.